The molecule has 0 bridgehead atoms. The molecule has 1 N–H and O–H groups in total. The van der Waals surface area contributed by atoms with Crippen molar-refractivity contribution in [3.05, 3.63) is 34.4 Å². The molecule has 9 heteroatoms. The molecule has 0 saturated carbocycles. The molecule has 0 spiro atoms. The number of carbonyl (C=O) groups is 1. The van der Waals surface area contributed by atoms with Crippen LogP contribution in [0.25, 0.3) is 0 Å². The van der Waals surface area contributed by atoms with E-state index in [4.69, 9.17) is 6.42 Å². The zero-order valence-corrected chi connectivity index (χ0v) is 10.9. The molecule has 1 rings (SSSR count). The second-order valence-corrected chi connectivity index (χ2v) is 5.21. The Kier molecular flexibility index (Phi) is 5.19. The Morgan fingerprint density at radius 1 is 1.40 bits per heavy atom. The first-order valence-electron chi connectivity index (χ1n) is 5.20. The van der Waals surface area contributed by atoms with Crippen molar-refractivity contribution in [1.82, 2.24) is 4.72 Å². The van der Waals surface area contributed by atoms with Gasteiger partial charge in [0.05, 0.1) is 9.82 Å². The van der Waals surface area contributed by atoms with Gasteiger partial charge in [-0.15, -0.1) is 6.42 Å². The minimum atomic E-state index is -3.95. The van der Waals surface area contributed by atoms with Crippen LogP contribution in [0.5, 0.6) is 0 Å². The summed E-state index contributed by atoms with van der Waals surface area (Å²) in [5, 5.41) is 10.4. The highest BCUT2D eigenvalue weighted by molar-refractivity contribution is 7.89. The smallest absolute Gasteiger partial charge is 0.321 e. The number of nitro benzene ring substituents is 1. The summed E-state index contributed by atoms with van der Waals surface area (Å²) < 4.78 is 30.0. The van der Waals surface area contributed by atoms with E-state index in [0.717, 1.165) is 24.3 Å². The predicted octanol–water partition coefficient (Wildman–Crippen LogP) is 0.0495. The normalized spacial score (nSPS) is 10.6. The summed E-state index contributed by atoms with van der Waals surface area (Å²) in [5.74, 6) is 1.23. The van der Waals surface area contributed by atoms with Gasteiger partial charge >= 0.3 is 5.97 Å². The van der Waals surface area contributed by atoms with E-state index in [9.17, 15) is 23.3 Å². The van der Waals surface area contributed by atoms with Crippen molar-refractivity contribution < 1.29 is 22.9 Å². The highest BCUT2D eigenvalue weighted by atomic mass is 32.2. The van der Waals surface area contributed by atoms with E-state index in [1.807, 2.05) is 4.72 Å². The molecule has 0 aliphatic carbocycles. The van der Waals surface area contributed by atoms with Crippen LogP contribution in [0.1, 0.15) is 0 Å². The Morgan fingerprint density at radius 3 is 2.50 bits per heavy atom. The first kappa shape index (κ1) is 15.6. The molecule has 106 valence electrons. The molecule has 0 unspecified atom stereocenters. The quantitative estimate of drug-likeness (QED) is 0.343. The number of carbonyl (C=O) groups excluding carboxylic acids is 1. The maximum absolute atomic E-state index is 11.8. The van der Waals surface area contributed by atoms with Gasteiger partial charge in [-0.25, -0.2) is 8.42 Å². The molecule has 1 aromatic rings. The van der Waals surface area contributed by atoms with Gasteiger partial charge < -0.3 is 4.74 Å². The van der Waals surface area contributed by atoms with Crippen molar-refractivity contribution in [2.45, 2.75) is 4.90 Å². The van der Waals surface area contributed by atoms with Crippen LogP contribution < -0.4 is 4.72 Å². The zero-order valence-electron chi connectivity index (χ0n) is 10.1. The topological polar surface area (TPSA) is 116 Å². The first-order chi connectivity index (χ1) is 9.36. The third-order valence-electron chi connectivity index (χ3n) is 2.08. The van der Waals surface area contributed by atoms with Crippen molar-refractivity contribution in [2.24, 2.45) is 0 Å². The number of nitro groups is 1. The summed E-state index contributed by atoms with van der Waals surface area (Å²) >= 11 is 0. The van der Waals surface area contributed by atoms with Crippen LogP contribution in [0.4, 0.5) is 5.69 Å². The predicted molar refractivity (Wildman–Crippen MR) is 68.1 cm³/mol. The number of sulfonamides is 1. The summed E-state index contributed by atoms with van der Waals surface area (Å²) in [5.41, 5.74) is -0.239. The second kappa shape index (κ2) is 6.65. The van der Waals surface area contributed by atoms with E-state index in [2.05, 4.69) is 10.7 Å². The summed E-state index contributed by atoms with van der Waals surface area (Å²) in [4.78, 5) is 20.7. The third kappa shape index (κ3) is 4.34. The number of nitrogens with one attached hydrogen (secondary N) is 1. The number of ether oxygens (including phenoxy) is 1. The standard InChI is InChI=1S/C11H10N2O6S/c1-2-7-19-11(14)8-12-20(17,18)10-5-3-9(4-6-10)13(15)16/h1,3-6,12H,7-8H2. The summed E-state index contributed by atoms with van der Waals surface area (Å²) in [7, 11) is -3.95. The Balaban J connectivity index is 2.72. The average molecular weight is 298 g/mol. The largest absolute Gasteiger partial charge is 0.452 e. The van der Waals surface area contributed by atoms with Crippen LogP contribution in [0.15, 0.2) is 29.2 Å². The highest BCUT2D eigenvalue weighted by Crippen LogP contribution is 2.15. The van der Waals surface area contributed by atoms with E-state index < -0.39 is 27.5 Å². The summed E-state index contributed by atoms with van der Waals surface area (Å²) in [6, 6.07) is 4.22. The van der Waals surface area contributed by atoms with E-state index in [0.29, 0.717) is 0 Å². The van der Waals surface area contributed by atoms with E-state index in [-0.39, 0.29) is 17.2 Å². The monoisotopic (exact) mass is 298 g/mol. The Labute approximate surface area is 114 Å². The number of hydrogen-bond donors (Lipinski definition) is 1. The van der Waals surface area contributed by atoms with Crippen molar-refractivity contribution >= 4 is 21.7 Å². The molecular formula is C11H10N2O6S. The van der Waals surface area contributed by atoms with Gasteiger partial charge in [0.15, 0.2) is 6.61 Å². The Bertz CT molecular complexity index is 644. The maximum atomic E-state index is 11.8. The molecule has 0 radical (unpaired) electrons. The summed E-state index contributed by atoms with van der Waals surface area (Å²) in [6.07, 6.45) is 4.87. The number of benzene rings is 1. The van der Waals surface area contributed by atoms with Crippen molar-refractivity contribution in [3.63, 3.8) is 0 Å². The van der Waals surface area contributed by atoms with Crippen molar-refractivity contribution in [2.75, 3.05) is 13.2 Å². The summed E-state index contributed by atoms with van der Waals surface area (Å²) in [6.45, 7) is -0.834. The molecule has 0 aliphatic rings. The molecule has 0 atom stereocenters. The van der Waals surface area contributed by atoms with Gasteiger partial charge in [-0.1, -0.05) is 5.92 Å². The fraction of sp³-hybridized carbons (Fsp3) is 0.182. The van der Waals surface area contributed by atoms with Crippen LogP contribution >= 0.6 is 0 Å². The third-order valence-corrected chi connectivity index (χ3v) is 3.50. The average Bonchev–Trinajstić information content (AvgIpc) is 2.43. The first-order valence-corrected chi connectivity index (χ1v) is 6.68. The number of non-ortho nitro benzene ring substituents is 1. The number of nitrogens with zero attached hydrogens (tertiary/aromatic N) is 1. The van der Waals surface area contributed by atoms with Crippen LogP contribution in [-0.2, 0) is 19.6 Å². The van der Waals surface area contributed by atoms with Crippen LogP contribution in [-0.4, -0.2) is 32.5 Å². The molecule has 0 saturated heterocycles. The van der Waals surface area contributed by atoms with E-state index >= 15 is 0 Å². The number of rotatable bonds is 6. The fourth-order valence-electron chi connectivity index (χ4n) is 1.16. The zero-order chi connectivity index (χ0) is 15.2. The molecule has 0 aromatic heterocycles. The van der Waals surface area contributed by atoms with Crippen LogP contribution in [0.2, 0.25) is 0 Å². The lowest BCUT2D eigenvalue weighted by Gasteiger charge is -2.05. The van der Waals surface area contributed by atoms with Crippen molar-refractivity contribution in [1.29, 1.82) is 0 Å². The number of esters is 1. The van der Waals surface area contributed by atoms with Gasteiger partial charge in [0.1, 0.15) is 6.54 Å². The van der Waals surface area contributed by atoms with Gasteiger partial charge in [-0.2, -0.15) is 4.72 Å². The lowest BCUT2D eigenvalue weighted by Crippen LogP contribution is -2.30. The fourth-order valence-corrected chi connectivity index (χ4v) is 2.13. The second-order valence-electron chi connectivity index (χ2n) is 3.44. The van der Waals surface area contributed by atoms with Crippen LogP contribution in [0.3, 0.4) is 0 Å². The highest BCUT2D eigenvalue weighted by Gasteiger charge is 2.17. The number of terminal acetylenes is 1. The van der Waals surface area contributed by atoms with Crippen LogP contribution in [0, 0.1) is 22.5 Å². The molecule has 1 aromatic carbocycles. The molecule has 0 fully saturated rings. The van der Waals surface area contributed by atoms with Gasteiger partial charge in [-0.05, 0) is 12.1 Å². The molecule has 0 heterocycles. The van der Waals surface area contributed by atoms with Gasteiger partial charge in [0, 0.05) is 12.1 Å². The Hall–Kier alpha value is -2.44. The number of hydrogen-bond acceptors (Lipinski definition) is 6. The lowest BCUT2D eigenvalue weighted by atomic mass is 10.3. The SMILES string of the molecule is C#CCOC(=O)CNS(=O)(=O)c1ccc([N+](=O)[O-])cc1. The molecular weight excluding hydrogens is 288 g/mol. The van der Waals surface area contributed by atoms with Gasteiger partial charge in [0.25, 0.3) is 5.69 Å². The molecule has 0 amide bonds. The van der Waals surface area contributed by atoms with Gasteiger partial charge in [-0.3, -0.25) is 14.9 Å². The molecule has 8 nitrogen and oxygen atoms in total. The lowest BCUT2D eigenvalue weighted by molar-refractivity contribution is -0.384. The minimum Gasteiger partial charge on any atom is -0.452 e. The maximum Gasteiger partial charge on any atom is 0.321 e. The van der Waals surface area contributed by atoms with E-state index in [1.165, 1.54) is 0 Å². The minimum absolute atomic E-state index is 0.201. The Morgan fingerprint density at radius 2 is 2.00 bits per heavy atom. The van der Waals surface area contributed by atoms with Crippen molar-refractivity contribution in [3.8, 4) is 12.3 Å². The van der Waals surface area contributed by atoms with Gasteiger partial charge in [0.2, 0.25) is 10.0 Å². The molecule has 20 heavy (non-hydrogen) atoms. The van der Waals surface area contributed by atoms with E-state index in [1.54, 1.807) is 0 Å². The molecule has 0 aliphatic heterocycles.